The Morgan fingerprint density at radius 1 is 1.12 bits per heavy atom. The molecule has 0 aliphatic rings. The van der Waals surface area contributed by atoms with Gasteiger partial charge < -0.3 is 15.2 Å². The summed E-state index contributed by atoms with van der Waals surface area (Å²) in [6.07, 6.45) is 1.33. The second-order valence-electron chi connectivity index (χ2n) is 6.72. The predicted molar refractivity (Wildman–Crippen MR) is 125 cm³/mol. The van der Waals surface area contributed by atoms with E-state index >= 15 is 0 Å². The number of nitrogens with two attached hydrogens (primary N) is 1. The fraction of sp³-hybridized carbons (Fsp3) is 0.125. The zero-order valence-corrected chi connectivity index (χ0v) is 18.8. The molecule has 7 nitrogen and oxygen atoms in total. The summed E-state index contributed by atoms with van der Waals surface area (Å²) in [6, 6.07) is 18.3. The van der Waals surface area contributed by atoms with Crippen LogP contribution in [0.4, 0.5) is 4.79 Å². The highest BCUT2D eigenvalue weighted by Gasteiger charge is 2.15. The molecule has 162 valence electrons. The molecule has 0 atom stereocenters. The van der Waals surface area contributed by atoms with Crippen molar-refractivity contribution in [3.8, 4) is 17.6 Å². The second-order valence-corrected chi connectivity index (χ2v) is 7.58. The van der Waals surface area contributed by atoms with Gasteiger partial charge in [0.15, 0.2) is 11.5 Å². The topological polar surface area (TPSA) is 114 Å². The molecule has 3 aromatic rings. The molecule has 3 aromatic carbocycles. The number of halogens is 1. The van der Waals surface area contributed by atoms with Gasteiger partial charge >= 0.3 is 6.03 Å². The Kier molecular flexibility index (Phi) is 7.47. The third-order valence-corrected chi connectivity index (χ3v) is 5.03. The molecule has 0 heterocycles. The fourth-order valence-electron chi connectivity index (χ4n) is 3.05. The Balaban J connectivity index is 1.87. The van der Waals surface area contributed by atoms with Crippen molar-refractivity contribution in [1.29, 1.82) is 5.26 Å². The van der Waals surface area contributed by atoms with Crippen LogP contribution in [0.1, 0.15) is 18.1 Å². The Hall–Kier alpha value is -3.83. The van der Waals surface area contributed by atoms with Gasteiger partial charge in [-0.25, -0.2) is 4.79 Å². The molecule has 0 fully saturated rings. The third kappa shape index (κ3) is 5.65. The Labute approximate surface area is 193 Å². The van der Waals surface area contributed by atoms with Crippen molar-refractivity contribution < 1.29 is 19.1 Å². The van der Waals surface area contributed by atoms with Crippen LogP contribution < -0.4 is 20.5 Å². The van der Waals surface area contributed by atoms with E-state index in [4.69, 9.17) is 15.2 Å². The first kappa shape index (κ1) is 22.8. The molecule has 0 radical (unpaired) electrons. The predicted octanol–water partition coefficient (Wildman–Crippen LogP) is 4.68. The molecule has 0 aliphatic heterocycles. The van der Waals surface area contributed by atoms with Crippen LogP contribution in [0.3, 0.4) is 0 Å². The van der Waals surface area contributed by atoms with Crippen LogP contribution >= 0.6 is 15.9 Å². The van der Waals surface area contributed by atoms with Gasteiger partial charge in [-0.15, -0.1) is 0 Å². The number of hydrogen-bond acceptors (Lipinski definition) is 5. The lowest BCUT2D eigenvalue weighted by Gasteiger charge is -2.15. The lowest BCUT2D eigenvalue weighted by atomic mass is 10.1. The SMILES string of the molecule is CCOc1cc(/C=C(/C#N)C(=O)NC(N)=O)cc(Br)c1OCc1ccc2ccccc2c1. The molecule has 0 spiro atoms. The maximum absolute atomic E-state index is 11.9. The van der Waals surface area contributed by atoms with E-state index in [-0.39, 0.29) is 5.57 Å². The molecule has 8 heteroatoms. The van der Waals surface area contributed by atoms with Crippen molar-refractivity contribution in [1.82, 2.24) is 5.32 Å². The van der Waals surface area contributed by atoms with E-state index in [9.17, 15) is 14.9 Å². The van der Waals surface area contributed by atoms with E-state index in [2.05, 4.69) is 28.1 Å². The average molecular weight is 494 g/mol. The maximum atomic E-state index is 11.9. The molecule has 3 rings (SSSR count). The lowest BCUT2D eigenvalue weighted by molar-refractivity contribution is -0.115. The van der Waals surface area contributed by atoms with Crippen molar-refractivity contribution >= 4 is 44.7 Å². The number of primary amides is 1. The number of carbonyl (C=O) groups is 2. The van der Waals surface area contributed by atoms with E-state index in [0.29, 0.717) is 34.7 Å². The van der Waals surface area contributed by atoms with Crippen LogP contribution in [0, 0.1) is 11.3 Å². The molecule has 0 saturated heterocycles. The van der Waals surface area contributed by atoms with Gasteiger partial charge in [0.2, 0.25) is 0 Å². The van der Waals surface area contributed by atoms with Gasteiger partial charge in [-0.05, 0) is 69.0 Å². The smallest absolute Gasteiger partial charge is 0.319 e. The summed E-state index contributed by atoms with van der Waals surface area (Å²) < 4.78 is 12.3. The minimum absolute atomic E-state index is 0.275. The highest BCUT2D eigenvalue weighted by Crippen LogP contribution is 2.38. The number of nitrogens with zero attached hydrogens (tertiary/aromatic N) is 1. The number of amides is 3. The largest absolute Gasteiger partial charge is 0.490 e. The van der Waals surface area contributed by atoms with Crippen molar-refractivity contribution in [2.24, 2.45) is 5.73 Å². The molecular formula is C24H20BrN3O4. The average Bonchev–Trinajstić information content (AvgIpc) is 2.76. The van der Waals surface area contributed by atoms with Crippen LogP contribution in [-0.2, 0) is 11.4 Å². The molecular weight excluding hydrogens is 474 g/mol. The Morgan fingerprint density at radius 3 is 2.56 bits per heavy atom. The first-order valence-electron chi connectivity index (χ1n) is 9.70. The Bertz CT molecular complexity index is 1250. The van der Waals surface area contributed by atoms with Gasteiger partial charge in [-0.3, -0.25) is 10.1 Å². The van der Waals surface area contributed by atoms with Gasteiger partial charge in [-0.1, -0.05) is 36.4 Å². The zero-order chi connectivity index (χ0) is 23.1. The summed E-state index contributed by atoms with van der Waals surface area (Å²) in [5, 5.41) is 13.4. The fourth-order valence-corrected chi connectivity index (χ4v) is 3.63. The van der Waals surface area contributed by atoms with Crippen LogP contribution in [0.5, 0.6) is 11.5 Å². The molecule has 0 saturated carbocycles. The number of nitrogens with one attached hydrogen (secondary N) is 1. The van der Waals surface area contributed by atoms with Gasteiger partial charge in [0.05, 0.1) is 11.1 Å². The normalized spacial score (nSPS) is 11.0. The first-order valence-corrected chi connectivity index (χ1v) is 10.5. The van der Waals surface area contributed by atoms with Crippen LogP contribution in [0.15, 0.2) is 64.6 Å². The third-order valence-electron chi connectivity index (χ3n) is 4.44. The van der Waals surface area contributed by atoms with Crippen molar-refractivity contribution in [2.75, 3.05) is 6.61 Å². The summed E-state index contributed by atoms with van der Waals surface area (Å²) in [5.41, 5.74) is 6.18. The number of rotatable bonds is 7. The molecule has 3 N–H and O–H groups in total. The van der Waals surface area contributed by atoms with Crippen LogP contribution in [-0.4, -0.2) is 18.5 Å². The highest BCUT2D eigenvalue weighted by atomic mass is 79.9. The molecule has 0 unspecified atom stereocenters. The quantitative estimate of drug-likeness (QED) is 0.366. The zero-order valence-electron chi connectivity index (χ0n) is 17.2. The van der Waals surface area contributed by atoms with E-state index in [1.165, 1.54) is 6.08 Å². The number of carbonyl (C=O) groups excluding carboxylic acids is 2. The van der Waals surface area contributed by atoms with E-state index < -0.39 is 11.9 Å². The lowest BCUT2D eigenvalue weighted by Crippen LogP contribution is -2.35. The van der Waals surface area contributed by atoms with Crippen molar-refractivity contribution in [2.45, 2.75) is 13.5 Å². The molecule has 0 aromatic heterocycles. The van der Waals surface area contributed by atoms with Crippen molar-refractivity contribution in [3.05, 3.63) is 75.8 Å². The minimum Gasteiger partial charge on any atom is -0.490 e. The molecule has 3 amide bonds. The van der Waals surface area contributed by atoms with Gasteiger partial charge in [0, 0.05) is 0 Å². The van der Waals surface area contributed by atoms with E-state index in [0.717, 1.165) is 16.3 Å². The standard InChI is InChI=1S/C24H20BrN3O4/c1-2-31-21-12-16(10-19(13-26)23(29)28-24(27)30)11-20(25)22(21)32-14-15-7-8-17-5-3-4-6-18(17)9-15/h3-12H,2,14H2,1H3,(H3,27,28,29,30)/b19-10-. The summed E-state index contributed by atoms with van der Waals surface area (Å²) in [5.74, 6) is 0.0597. The van der Waals surface area contributed by atoms with Gasteiger partial charge in [0.25, 0.3) is 5.91 Å². The second kappa shape index (κ2) is 10.5. The van der Waals surface area contributed by atoms with E-state index in [1.54, 1.807) is 18.2 Å². The number of fused-ring (bicyclic) bond motifs is 1. The number of imide groups is 1. The molecule has 0 aliphatic carbocycles. The summed E-state index contributed by atoms with van der Waals surface area (Å²) >= 11 is 3.48. The summed E-state index contributed by atoms with van der Waals surface area (Å²) in [7, 11) is 0. The number of urea groups is 1. The van der Waals surface area contributed by atoms with Gasteiger partial charge in [0.1, 0.15) is 18.2 Å². The maximum Gasteiger partial charge on any atom is 0.319 e. The number of ether oxygens (including phenoxy) is 2. The highest BCUT2D eigenvalue weighted by molar-refractivity contribution is 9.10. The molecule has 0 bridgehead atoms. The number of nitriles is 1. The monoisotopic (exact) mass is 493 g/mol. The summed E-state index contributed by atoms with van der Waals surface area (Å²) in [6.45, 7) is 2.55. The molecule has 32 heavy (non-hydrogen) atoms. The number of hydrogen-bond donors (Lipinski definition) is 2. The van der Waals surface area contributed by atoms with Crippen LogP contribution in [0.25, 0.3) is 16.8 Å². The van der Waals surface area contributed by atoms with Gasteiger partial charge in [-0.2, -0.15) is 5.26 Å². The number of benzene rings is 3. The first-order chi connectivity index (χ1) is 15.4. The van der Waals surface area contributed by atoms with Crippen molar-refractivity contribution in [3.63, 3.8) is 0 Å². The minimum atomic E-state index is -1.04. The Morgan fingerprint density at radius 2 is 1.88 bits per heavy atom. The van der Waals surface area contributed by atoms with E-state index in [1.807, 2.05) is 42.6 Å². The van der Waals surface area contributed by atoms with Crippen LogP contribution in [0.2, 0.25) is 0 Å². The summed E-state index contributed by atoms with van der Waals surface area (Å²) in [4.78, 5) is 22.8.